The first-order valence-electron chi connectivity index (χ1n) is 6.18. The molecular weight excluding hydrogens is 291 g/mol. The molecule has 0 aromatic rings. The Labute approximate surface area is 117 Å². The maximum absolute atomic E-state index is 12.1. The average molecular weight is 312 g/mol. The first-order valence-corrected chi connectivity index (χ1v) is 7.79. The number of carbonyl (C=O) groups is 2. The third-order valence-electron chi connectivity index (χ3n) is 2.93. The van der Waals surface area contributed by atoms with Crippen molar-refractivity contribution in [2.45, 2.75) is 45.6 Å². The summed E-state index contributed by atoms with van der Waals surface area (Å²) in [5.41, 5.74) is 0. The van der Waals surface area contributed by atoms with E-state index in [0.717, 1.165) is 6.92 Å². The van der Waals surface area contributed by atoms with E-state index < -0.39 is 36.9 Å². The Kier molecular flexibility index (Phi) is 6.83. The number of ether oxygens (including phenoxy) is 2. The number of hydrogen-bond donors (Lipinski definition) is 3. The Morgan fingerprint density at radius 1 is 1.25 bits per heavy atom. The molecule has 0 spiro atoms. The molecular formula is C11H21O8P. The zero-order chi connectivity index (χ0) is 16.1. The molecule has 0 radical (unpaired) electrons. The second-order valence-electron chi connectivity index (χ2n) is 4.36. The maximum atomic E-state index is 12.1. The van der Waals surface area contributed by atoms with Gasteiger partial charge in [-0.2, -0.15) is 0 Å². The molecule has 20 heavy (non-hydrogen) atoms. The molecule has 0 saturated carbocycles. The van der Waals surface area contributed by atoms with Gasteiger partial charge in [0.1, 0.15) is 5.92 Å². The Balaban J connectivity index is 5.81. The molecule has 9 heteroatoms. The summed E-state index contributed by atoms with van der Waals surface area (Å²) in [5.74, 6) is -4.69. The van der Waals surface area contributed by atoms with Crippen LogP contribution >= 0.6 is 7.60 Å². The molecule has 8 nitrogen and oxygen atoms in total. The normalized spacial score (nSPS) is 17.9. The van der Waals surface area contributed by atoms with Crippen LogP contribution in [0.15, 0.2) is 0 Å². The molecule has 3 unspecified atom stereocenters. The highest BCUT2D eigenvalue weighted by Crippen LogP contribution is 2.56. The van der Waals surface area contributed by atoms with E-state index in [4.69, 9.17) is 14.6 Å². The van der Waals surface area contributed by atoms with Crippen molar-refractivity contribution in [1.29, 1.82) is 0 Å². The van der Waals surface area contributed by atoms with Gasteiger partial charge in [0, 0.05) is 6.61 Å². The highest BCUT2D eigenvalue weighted by molar-refractivity contribution is 7.54. The fraction of sp³-hybridized carbons (Fsp3) is 0.818. The van der Waals surface area contributed by atoms with Crippen LogP contribution in [0.1, 0.15) is 34.1 Å². The van der Waals surface area contributed by atoms with E-state index in [-0.39, 0.29) is 6.61 Å². The zero-order valence-electron chi connectivity index (χ0n) is 11.9. The standard InChI is InChI=1S/C11H21O8P/c1-5-7(3)19-10(14)11(18-6-2,20(15,16)17)8(4)9(12)13/h7-8H,5-6H2,1-4H3,(H,12,13)(H2,15,16,17). The predicted octanol–water partition coefficient (Wildman–Crippen LogP) is 0.959. The van der Waals surface area contributed by atoms with Crippen LogP contribution in [0.3, 0.4) is 0 Å². The largest absolute Gasteiger partial charge is 0.481 e. The van der Waals surface area contributed by atoms with E-state index in [1.165, 1.54) is 13.8 Å². The van der Waals surface area contributed by atoms with Crippen LogP contribution in [0, 0.1) is 5.92 Å². The topological polar surface area (TPSA) is 130 Å². The Morgan fingerprint density at radius 3 is 2.05 bits per heavy atom. The summed E-state index contributed by atoms with van der Waals surface area (Å²) < 4.78 is 21.5. The number of carboxylic acid groups (broad SMARTS) is 1. The lowest BCUT2D eigenvalue weighted by Gasteiger charge is -2.35. The minimum absolute atomic E-state index is 0.252. The van der Waals surface area contributed by atoms with Crippen LogP contribution in [0.5, 0.6) is 0 Å². The molecule has 0 fully saturated rings. The van der Waals surface area contributed by atoms with Gasteiger partial charge >= 0.3 is 19.5 Å². The van der Waals surface area contributed by atoms with Gasteiger partial charge in [0.25, 0.3) is 5.34 Å². The maximum Gasteiger partial charge on any atom is 0.369 e. The van der Waals surface area contributed by atoms with Gasteiger partial charge in [-0.3, -0.25) is 9.36 Å². The predicted molar refractivity (Wildman–Crippen MR) is 69.0 cm³/mol. The second kappa shape index (κ2) is 7.17. The third-order valence-corrected chi connectivity index (χ3v) is 4.49. The van der Waals surface area contributed by atoms with Crippen molar-refractivity contribution in [1.82, 2.24) is 0 Å². The fourth-order valence-corrected chi connectivity index (χ4v) is 2.76. The van der Waals surface area contributed by atoms with Crippen LogP contribution < -0.4 is 0 Å². The van der Waals surface area contributed by atoms with Crippen molar-refractivity contribution in [2.24, 2.45) is 5.92 Å². The van der Waals surface area contributed by atoms with Crippen LogP contribution in [-0.4, -0.2) is 44.9 Å². The van der Waals surface area contributed by atoms with Crippen molar-refractivity contribution in [2.75, 3.05) is 6.61 Å². The molecule has 0 aliphatic rings. The number of carboxylic acids is 1. The van der Waals surface area contributed by atoms with Gasteiger partial charge in [-0.25, -0.2) is 4.79 Å². The average Bonchev–Trinajstić information content (AvgIpc) is 2.32. The van der Waals surface area contributed by atoms with E-state index >= 15 is 0 Å². The smallest absolute Gasteiger partial charge is 0.369 e. The summed E-state index contributed by atoms with van der Waals surface area (Å²) >= 11 is 0. The summed E-state index contributed by atoms with van der Waals surface area (Å²) in [6.45, 7) is 5.38. The minimum atomic E-state index is -5.23. The van der Waals surface area contributed by atoms with Crippen LogP contribution in [0.25, 0.3) is 0 Å². The van der Waals surface area contributed by atoms with Gasteiger partial charge < -0.3 is 24.4 Å². The molecule has 0 aromatic heterocycles. The second-order valence-corrected chi connectivity index (χ2v) is 6.11. The van der Waals surface area contributed by atoms with E-state index in [2.05, 4.69) is 0 Å². The van der Waals surface area contributed by atoms with E-state index in [1.807, 2.05) is 0 Å². The van der Waals surface area contributed by atoms with Crippen molar-refractivity contribution in [3.05, 3.63) is 0 Å². The summed E-state index contributed by atoms with van der Waals surface area (Å²) in [4.78, 5) is 42.1. The quantitative estimate of drug-likeness (QED) is 0.446. The minimum Gasteiger partial charge on any atom is -0.481 e. The molecule has 0 amide bonds. The summed E-state index contributed by atoms with van der Waals surface area (Å²) in [7, 11) is -5.23. The molecule has 0 bridgehead atoms. The first kappa shape index (κ1) is 19.1. The van der Waals surface area contributed by atoms with Gasteiger partial charge in [-0.15, -0.1) is 0 Å². The molecule has 0 saturated heterocycles. The summed E-state index contributed by atoms with van der Waals surface area (Å²) in [6.07, 6.45) is -0.203. The van der Waals surface area contributed by atoms with Gasteiger partial charge in [0.05, 0.1) is 6.10 Å². The molecule has 118 valence electrons. The Morgan fingerprint density at radius 2 is 1.75 bits per heavy atom. The highest BCUT2D eigenvalue weighted by atomic mass is 31.2. The van der Waals surface area contributed by atoms with E-state index in [9.17, 15) is 23.9 Å². The number of esters is 1. The van der Waals surface area contributed by atoms with Gasteiger partial charge in [0.2, 0.25) is 0 Å². The first-order chi connectivity index (χ1) is 9.04. The number of rotatable bonds is 8. The molecule has 0 heterocycles. The zero-order valence-corrected chi connectivity index (χ0v) is 12.8. The number of hydrogen-bond acceptors (Lipinski definition) is 5. The lowest BCUT2D eigenvalue weighted by atomic mass is 10.0. The molecule has 0 aliphatic carbocycles. The van der Waals surface area contributed by atoms with Crippen molar-refractivity contribution in [3.63, 3.8) is 0 Å². The fourth-order valence-electron chi connectivity index (χ4n) is 1.55. The summed E-state index contributed by atoms with van der Waals surface area (Å²) in [6, 6.07) is 0. The molecule has 0 aliphatic heterocycles. The molecule has 0 rings (SSSR count). The summed E-state index contributed by atoms with van der Waals surface area (Å²) in [5, 5.41) is 6.18. The molecule has 3 atom stereocenters. The van der Waals surface area contributed by atoms with Crippen molar-refractivity contribution >= 4 is 19.5 Å². The SMILES string of the molecule is CCOC(C(=O)OC(C)CC)(C(C)C(=O)O)P(=O)(O)O. The third kappa shape index (κ3) is 3.79. The van der Waals surface area contributed by atoms with Gasteiger partial charge in [-0.05, 0) is 27.2 Å². The number of aliphatic carboxylic acids is 1. The Bertz CT molecular complexity index is 403. The van der Waals surface area contributed by atoms with Crippen molar-refractivity contribution in [3.8, 4) is 0 Å². The van der Waals surface area contributed by atoms with Crippen LogP contribution in [-0.2, 0) is 23.6 Å². The van der Waals surface area contributed by atoms with Crippen LogP contribution in [0.2, 0.25) is 0 Å². The Hall–Kier alpha value is -0.950. The lowest BCUT2D eigenvalue weighted by molar-refractivity contribution is -0.179. The molecule has 3 N–H and O–H groups in total. The monoisotopic (exact) mass is 312 g/mol. The van der Waals surface area contributed by atoms with Gasteiger partial charge in [-0.1, -0.05) is 6.92 Å². The van der Waals surface area contributed by atoms with Crippen molar-refractivity contribution < 1.29 is 38.5 Å². The van der Waals surface area contributed by atoms with E-state index in [0.29, 0.717) is 6.42 Å². The highest BCUT2D eigenvalue weighted by Gasteiger charge is 2.63. The van der Waals surface area contributed by atoms with E-state index in [1.54, 1.807) is 6.92 Å². The van der Waals surface area contributed by atoms with Gasteiger partial charge in [0.15, 0.2) is 0 Å². The molecule has 0 aromatic carbocycles. The lowest BCUT2D eigenvalue weighted by Crippen LogP contribution is -2.51. The number of carbonyl (C=O) groups excluding carboxylic acids is 1. The van der Waals surface area contributed by atoms with Crippen LogP contribution in [0.4, 0.5) is 0 Å².